The van der Waals surface area contributed by atoms with Gasteiger partial charge in [-0.2, -0.15) is 0 Å². The quantitative estimate of drug-likeness (QED) is 0.557. The zero-order valence-electron chi connectivity index (χ0n) is 15.9. The monoisotopic (exact) mass is 410 g/mol. The molecule has 1 aromatic heterocycles. The lowest BCUT2D eigenvalue weighted by molar-refractivity contribution is 0.251. The molecule has 0 radical (unpaired) electrons. The predicted octanol–water partition coefficient (Wildman–Crippen LogP) is 3.19. The number of anilines is 1. The number of hydrogen-bond donors (Lipinski definition) is 3. The maximum absolute atomic E-state index is 12.5. The fourth-order valence-corrected chi connectivity index (χ4v) is 3.65. The van der Waals surface area contributed by atoms with E-state index in [1.165, 1.54) is 12.1 Å². The molecule has 0 spiro atoms. The van der Waals surface area contributed by atoms with Gasteiger partial charge in [0, 0.05) is 31.2 Å². The summed E-state index contributed by atoms with van der Waals surface area (Å²) >= 11 is 0. The Hall–Kier alpha value is -3.23. The van der Waals surface area contributed by atoms with Crippen molar-refractivity contribution in [3.8, 4) is 0 Å². The molecule has 7 nitrogen and oxygen atoms in total. The van der Waals surface area contributed by atoms with Crippen LogP contribution in [0, 0.1) is 6.92 Å². The first-order valence-corrected chi connectivity index (χ1v) is 10.5. The van der Waals surface area contributed by atoms with Gasteiger partial charge in [0.15, 0.2) is 0 Å². The number of hydrogen-bond acceptors (Lipinski definition) is 4. The Morgan fingerprint density at radius 1 is 0.966 bits per heavy atom. The Morgan fingerprint density at radius 3 is 2.41 bits per heavy atom. The van der Waals surface area contributed by atoms with Crippen LogP contribution in [0.2, 0.25) is 0 Å². The van der Waals surface area contributed by atoms with E-state index in [4.69, 9.17) is 0 Å². The smallest absolute Gasteiger partial charge is 0.319 e. The van der Waals surface area contributed by atoms with Crippen molar-refractivity contribution < 1.29 is 13.2 Å². The van der Waals surface area contributed by atoms with Crippen LogP contribution in [0.5, 0.6) is 0 Å². The molecule has 8 heteroatoms. The molecule has 0 atom stereocenters. The highest BCUT2D eigenvalue weighted by atomic mass is 32.2. The van der Waals surface area contributed by atoms with Crippen LogP contribution in [0.1, 0.15) is 16.7 Å². The summed E-state index contributed by atoms with van der Waals surface area (Å²) in [6.45, 7) is 2.49. The van der Waals surface area contributed by atoms with E-state index in [-0.39, 0.29) is 17.5 Å². The van der Waals surface area contributed by atoms with E-state index in [1.807, 2.05) is 37.3 Å². The Kier molecular flexibility index (Phi) is 6.58. The molecule has 3 aromatic rings. The van der Waals surface area contributed by atoms with Gasteiger partial charge in [-0.05, 0) is 53.9 Å². The number of carbonyl (C=O) groups excluding carboxylic acids is 1. The summed E-state index contributed by atoms with van der Waals surface area (Å²) in [7, 11) is -3.65. The molecule has 0 aliphatic rings. The number of amides is 2. The van der Waals surface area contributed by atoms with Crippen LogP contribution in [0.15, 0.2) is 78.0 Å². The van der Waals surface area contributed by atoms with Gasteiger partial charge in [-0.15, -0.1) is 0 Å². The minimum atomic E-state index is -3.65. The molecule has 150 valence electrons. The Bertz CT molecular complexity index is 1070. The van der Waals surface area contributed by atoms with Crippen LogP contribution < -0.4 is 15.4 Å². The molecule has 0 saturated carbocycles. The Balaban J connectivity index is 1.56. The third kappa shape index (κ3) is 5.87. The molecule has 1 heterocycles. The van der Waals surface area contributed by atoms with Crippen molar-refractivity contribution in [3.63, 3.8) is 0 Å². The summed E-state index contributed by atoms with van der Waals surface area (Å²) in [4.78, 5) is 16.1. The largest absolute Gasteiger partial charge is 0.334 e. The van der Waals surface area contributed by atoms with Gasteiger partial charge in [0.2, 0.25) is 10.0 Å². The van der Waals surface area contributed by atoms with E-state index in [0.717, 1.165) is 16.7 Å². The van der Waals surface area contributed by atoms with E-state index < -0.39 is 10.0 Å². The van der Waals surface area contributed by atoms with Crippen LogP contribution in [0.3, 0.4) is 0 Å². The molecule has 0 unspecified atom stereocenters. The average molecular weight is 410 g/mol. The van der Waals surface area contributed by atoms with Gasteiger partial charge in [0.25, 0.3) is 0 Å². The fraction of sp³-hybridized carbons (Fsp3) is 0.143. The van der Waals surface area contributed by atoms with Gasteiger partial charge in [-0.3, -0.25) is 4.98 Å². The Morgan fingerprint density at radius 2 is 1.72 bits per heavy atom. The minimum absolute atomic E-state index is 0.132. The van der Waals surface area contributed by atoms with E-state index >= 15 is 0 Å². The third-order valence-corrected chi connectivity index (χ3v) is 5.73. The second-order valence-corrected chi connectivity index (χ2v) is 8.21. The molecular weight excluding hydrogens is 388 g/mol. The van der Waals surface area contributed by atoms with Crippen molar-refractivity contribution in [1.29, 1.82) is 0 Å². The van der Waals surface area contributed by atoms with Crippen molar-refractivity contribution in [2.45, 2.75) is 24.9 Å². The first kappa shape index (κ1) is 20.5. The van der Waals surface area contributed by atoms with Crippen LogP contribution in [-0.4, -0.2) is 19.4 Å². The maximum Gasteiger partial charge on any atom is 0.319 e. The summed E-state index contributed by atoms with van der Waals surface area (Å²) in [5.41, 5.74) is 3.31. The number of pyridine rings is 1. The van der Waals surface area contributed by atoms with Crippen LogP contribution in [0.25, 0.3) is 0 Å². The van der Waals surface area contributed by atoms with Crippen molar-refractivity contribution in [2.75, 3.05) is 5.32 Å². The number of carbonyl (C=O) groups is 1. The van der Waals surface area contributed by atoms with E-state index in [2.05, 4.69) is 20.3 Å². The second-order valence-electron chi connectivity index (χ2n) is 6.44. The SMILES string of the molecule is Cc1ccccc1CNS(=O)(=O)c1ccc(NC(=O)NCc2cccnc2)cc1. The summed E-state index contributed by atoms with van der Waals surface area (Å²) in [5.74, 6) is 0. The summed E-state index contributed by atoms with van der Waals surface area (Å²) in [6, 6.07) is 16.9. The maximum atomic E-state index is 12.5. The predicted molar refractivity (Wildman–Crippen MR) is 112 cm³/mol. The first-order valence-electron chi connectivity index (χ1n) is 9.02. The molecular formula is C21H22N4O3S. The Labute approximate surface area is 170 Å². The molecule has 3 rings (SSSR count). The number of nitrogens with zero attached hydrogens (tertiary/aromatic N) is 1. The van der Waals surface area contributed by atoms with Gasteiger partial charge in [-0.25, -0.2) is 17.9 Å². The molecule has 2 amide bonds. The standard InChI is InChI=1S/C21H22N4O3S/c1-16-5-2-3-7-18(16)15-24-29(27,28)20-10-8-19(9-11-20)25-21(26)23-14-17-6-4-12-22-13-17/h2-13,24H,14-15H2,1H3,(H2,23,25,26). The van der Waals surface area contributed by atoms with Crippen molar-refractivity contribution >= 4 is 21.7 Å². The van der Waals surface area contributed by atoms with Crippen LogP contribution in [-0.2, 0) is 23.1 Å². The highest BCUT2D eigenvalue weighted by Crippen LogP contribution is 2.15. The van der Waals surface area contributed by atoms with Gasteiger partial charge < -0.3 is 10.6 Å². The molecule has 3 N–H and O–H groups in total. The first-order chi connectivity index (χ1) is 13.9. The fourth-order valence-electron chi connectivity index (χ4n) is 2.64. The van der Waals surface area contributed by atoms with Gasteiger partial charge >= 0.3 is 6.03 Å². The third-order valence-electron chi connectivity index (χ3n) is 4.31. The summed E-state index contributed by atoms with van der Waals surface area (Å²) < 4.78 is 27.6. The van der Waals surface area contributed by atoms with Gasteiger partial charge in [0.05, 0.1) is 4.90 Å². The number of benzene rings is 2. The molecule has 29 heavy (non-hydrogen) atoms. The van der Waals surface area contributed by atoms with E-state index in [1.54, 1.807) is 30.6 Å². The number of urea groups is 1. The molecule has 0 aliphatic heterocycles. The molecule has 2 aromatic carbocycles. The number of aromatic nitrogens is 1. The highest BCUT2D eigenvalue weighted by molar-refractivity contribution is 7.89. The zero-order valence-corrected chi connectivity index (χ0v) is 16.7. The van der Waals surface area contributed by atoms with Crippen LogP contribution >= 0.6 is 0 Å². The van der Waals surface area contributed by atoms with Crippen molar-refractivity contribution in [1.82, 2.24) is 15.0 Å². The van der Waals surface area contributed by atoms with Crippen LogP contribution in [0.4, 0.5) is 10.5 Å². The second kappa shape index (κ2) is 9.31. The molecule has 0 aliphatic carbocycles. The summed E-state index contributed by atoms with van der Waals surface area (Å²) in [5, 5.41) is 5.39. The van der Waals surface area contributed by atoms with Gasteiger partial charge in [0.1, 0.15) is 0 Å². The lowest BCUT2D eigenvalue weighted by atomic mass is 10.1. The average Bonchev–Trinajstić information content (AvgIpc) is 2.73. The van der Waals surface area contributed by atoms with E-state index in [9.17, 15) is 13.2 Å². The number of aryl methyl sites for hydroxylation is 1. The topological polar surface area (TPSA) is 100 Å². The van der Waals surface area contributed by atoms with E-state index in [0.29, 0.717) is 12.2 Å². The minimum Gasteiger partial charge on any atom is -0.334 e. The number of rotatable bonds is 7. The molecule has 0 saturated heterocycles. The number of nitrogens with one attached hydrogen (secondary N) is 3. The lowest BCUT2D eigenvalue weighted by Crippen LogP contribution is -2.28. The zero-order chi connectivity index (χ0) is 20.7. The lowest BCUT2D eigenvalue weighted by Gasteiger charge is -2.10. The normalized spacial score (nSPS) is 11.1. The molecule has 0 bridgehead atoms. The molecule has 0 fully saturated rings. The van der Waals surface area contributed by atoms with Crippen molar-refractivity contribution in [3.05, 3.63) is 89.7 Å². The summed E-state index contributed by atoms with van der Waals surface area (Å²) in [6.07, 6.45) is 3.33. The number of sulfonamides is 1. The highest BCUT2D eigenvalue weighted by Gasteiger charge is 2.14. The van der Waals surface area contributed by atoms with Crippen molar-refractivity contribution in [2.24, 2.45) is 0 Å². The van der Waals surface area contributed by atoms with Gasteiger partial charge in [-0.1, -0.05) is 30.3 Å².